The normalized spacial score (nSPS) is 17.5. The van der Waals surface area contributed by atoms with Crippen molar-refractivity contribution in [2.75, 3.05) is 11.5 Å². The van der Waals surface area contributed by atoms with Crippen molar-refractivity contribution in [3.05, 3.63) is 0 Å². The zero-order chi connectivity index (χ0) is 14.5. The summed E-state index contributed by atoms with van der Waals surface area (Å²) in [5.41, 5.74) is -1.24. The number of carbonyl (C=O) groups is 2. The van der Waals surface area contributed by atoms with Gasteiger partial charge in [0.2, 0.25) is 5.91 Å². The number of amides is 1. The van der Waals surface area contributed by atoms with Gasteiger partial charge >= 0.3 is 5.97 Å². The van der Waals surface area contributed by atoms with E-state index in [4.69, 9.17) is 5.11 Å². The number of rotatable bonds is 8. The molecule has 0 aromatic rings. The first-order valence-corrected chi connectivity index (χ1v) is 8.38. The van der Waals surface area contributed by atoms with E-state index < -0.39 is 33.0 Å². The van der Waals surface area contributed by atoms with Gasteiger partial charge in [0.15, 0.2) is 9.84 Å². The Morgan fingerprint density at radius 1 is 1.26 bits per heavy atom. The predicted octanol–water partition coefficient (Wildman–Crippen LogP) is 0.715. The maximum atomic E-state index is 11.7. The summed E-state index contributed by atoms with van der Waals surface area (Å²) in [6, 6.07) is 0. The van der Waals surface area contributed by atoms with Crippen LogP contribution >= 0.6 is 0 Å². The molecule has 1 aliphatic carbocycles. The standard InChI is InChI=1S/C12H21NO5S/c1-2-3-4-8-19(17,18)9-10(14)13-12(11(15)16)6-5-7-12/h2-9H2,1H3,(H,13,14)(H,15,16). The van der Waals surface area contributed by atoms with Gasteiger partial charge in [0, 0.05) is 0 Å². The minimum atomic E-state index is -3.44. The molecule has 0 aromatic carbocycles. The van der Waals surface area contributed by atoms with Crippen LogP contribution in [-0.2, 0) is 19.4 Å². The van der Waals surface area contributed by atoms with Crippen molar-refractivity contribution in [2.24, 2.45) is 0 Å². The minimum absolute atomic E-state index is 0.0195. The molecule has 0 heterocycles. The van der Waals surface area contributed by atoms with Gasteiger partial charge in [-0.15, -0.1) is 0 Å². The van der Waals surface area contributed by atoms with E-state index in [2.05, 4.69) is 5.32 Å². The molecule has 1 rings (SSSR count). The maximum Gasteiger partial charge on any atom is 0.329 e. The third-order valence-electron chi connectivity index (χ3n) is 3.41. The largest absolute Gasteiger partial charge is 0.480 e. The zero-order valence-corrected chi connectivity index (χ0v) is 12.0. The van der Waals surface area contributed by atoms with E-state index in [1.54, 1.807) is 0 Å². The van der Waals surface area contributed by atoms with Crippen LogP contribution in [0.3, 0.4) is 0 Å². The minimum Gasteiger partial charge on any atom is -0.480 e. The highest BCUT2D eigenvalue weighted by Gasteiger charge is 2.45. The summed E-state index contributed by atoms with van der Waals surface area (Å²) < 4.78 is 23.3. The number of hydrogen-bond acceptors (Lipinski definition) is 4. The van der Waals surface area contributed by atoms with Crippen LogP contribution in [0.2, 0.25) is 0 Å². The van der Waals surface area contributed by atoms with Gasteiger partial charge in [0.1, 0.15) is 11.3 Å². The van der Waals surface area contributed by atoms with E-state index in [-0.39, 0.29) is 5.75 Å². The second-order valence-electron chi connectivity index (χ2n) is 5.09. The summed E-state index contributed by atoms with van der Waals surface area (Å²) in [5, 5.41) is 11.4. The highest BCUT2D eigenvalue weighted by molar-refractivity contribution is 7.92. The summed E-state index contributed by atoms with van der Waals surface area (Å²) in [4.78, 5) is 22.7. The second kappa shape index (κ2) is 6.36. The van der Waals surface area contributed by atoms with Crippen LogP contribution < -0.4 is 5.32 Å². The molecule has 1 amide bonds. The highest BCUT2D eigenvalue weighted by Crippen LogP contribution is 2.31. The van der Waals surface area contributed by atoms with Gasteiger partial charge in [0.05, 0.1) is 5.75 Å². The number of aliphatic carboxylic acids is 1. The lowest BCUT2D eigenvalue weighted by molar-refractivity contribution is -0.151. The van der Waals surface area contributed by atoms with E-state index in [9.17, 15) is 18.0 Å². The Balaban J connectivity index is 2.48. The number of unbranched alkanes of at least 4 members (excludes halogenated alkanes) is 2. The smallest absolute Gasteiger partial charge is 0.329 e. The molecular formula is C12H21NO5S. The monoisotopic (exact) mass is 291 g/mol. The molecule has 0 unspecified atom stereocenters. The van der Waals surface area contributed by atoms with Gasteiger partial charge in [-0.1, -0.05) is 19.8 Å². The Morgan fingerprint density at radius 2 is 1.89 bits per heavy atom. The third kappa shape index (κ3) is 4.49. The maximum absolute atomic E-state index is 11.7. The first-order chi connectivity index (χ1) is 8.81. The lowest BCUT2D eigenvalue weighted by Crippen LogP contribution is -2.60. The van der Waals surface area contributed by atoms with Crippen molar-refractivity contribution in [3.8, 4) is 0 Å². The average Bonchev–Trinajstić information content (AvgIpc) is 2.22. The van der Waals surface area contributed by atoms with E-state index >= 15 is 0 Å². The van der Waals surface area contributed by atoms with Crippen LogP contribution in [0.1, 0.15) is 45.4 Å². The van der Waals surface area contributed by atoms with Gasteiger partial charge < -0.3 is 10.4 Å². The van der Waals surface area contributed by atoms with Crippen LogP contribution in [-0.4, -0.2) is 42.4 Å². The Kier molecular flexibility index (Phi) is 5.34. The zero-order valence-electron chi connectivity index (χ0n) is 11.1. The summed E-state index contributed by atoms with van der Waals surface area (Å²) in [6.45, 7) is 1.96. The quantitative estimate of drug-likeness (QED) is 0.642. The molecular weight excluding hydrogens is 270 g/mol. The number of sulfone groups is 1. The Hall–Kier alpha value is -1.11. The van der Waals surface area contributed by atoms with Crippen molar-refractivity contribution >= 4 is 21.7 Å². The second-order valence-corrected chi connectivity index (χ2v) is 7.27. The molecule has 7 heteroatoms. The number of carboxylic acid groups (broad SMARTS) is 1. The first kappa shape index (κ1) is 15.9. The average molecular weight is 291 g/mol. The van der Waals surface area contributed by atoms with Crippen molar-refractivity contribution in [2.45, 2.75) is 51.0 Å². The van der Waals surface area contributed by atoms with Crippen molar-refractivity contribution in [1.82, 2.24) is 5.32 Å². The molecule has 0 aromatic heterocycles. The molecule has 0 bridgehead atoms. The predicted molar refractivity (Wildman–Crippen MR) is 70.5 cm³/mol. The molecule has 2 N–H and O–H groups in total. The van der Waals surface area contributed by atoms with Gasteiger partial charge in [-0.05, 0) is 25.7 Å². The molecule has 19 heavy (non-hydrogen) atoms. The molecule has 0 saturated heterocycles. The van der Waals surface area contributed by atoms with Crippen LogP contribution in [0.25, 0.3) is 0 Å². The SMILES string of the molecule is CCCCCS(=O)(=O)CC(=O)NC1(C(=O)O)CCC1. The Labute approximate surface area is 113 Å². The molecule has 0 radical (unpaired) electrons. The van der Waals surface area contributed by atoms with Crippen LogP contribution in [0.4, 0.5) is 0 Å². The number of carbonyl (C=O) groups excluding carboxylic acids is 1. The lowest BCUT2D eigenvalue weighted by Gasteiger charge is -2.38. The van der Waals surface area contributed by atoms with Gasteiger partial charge in [-0.3, -0.25) is 4.79 Å². The van der Waals surface area contributed by atoms with E-state index in [0.29, 0.717) is 19.3 Å². The molecule has 6 nitrogen and oxygen atoms in total. The van der Waals surface area contributed by atoms with Gasteiger partial charge in [0.25, 0.3) is 0 Å². The fourth-order valence-corrected chi connectivity index (χ4v) is 3.33. The topological polar surface area (TPSA) is 101 Å². The van der Waals surface area contributed by atoms with Crippen molar-refractivity contribution in [1.29, 1.82) is 0 Å². The third-order valence-corrected chi connectivity index (χ3v) is 5.02. The number of nitrogens with one attached hydrogen (secondary N) is 1. The number of hydrogen-bond donors (Lipinski definition) is 2. The van der Waals surface area contributed by atoms with Crippen molar-refractivity contribution in [3.63, 3.8) is 0 Å². The van der Waals surface area contributed by atoms with E-state index in [0.717, 1.165) is 19.3 Å². The van der Waals surface area contributed by atoms with E-state index in [1.165, 1.54) is 0 Å². The van der Waals surface area contributed by atoms with Crippen molar-refractivity contribution < 1.29 is 23.1 Å². The molecule has 1 saturated carbocycles. The van der Waals surface area contributed by atoms with E-state index in [1.807, 2.05) is 6.92 Å². The summed E-state index contributed by atoms with van der Waals surface area (Å²) in [5.74, 6) is -2.44. The number of carboxylic acids is 1. The molecule has 1 aliphatic rings. The van der Waals surface area contributed by atoms with Crippen LogP contribution in [0.15, 0.2) is 0 Å². The first-order valence-electron chi connectivity index (χ1n) is 6.56. The highest BCUT2D eigenvalue weighted by atomic mass is 32.2. The van der Waals surface area contributed by atoms with Gasteiger partial charge in [-0.2, -0.15) is 0 Å². The Bertz CT molecular complexity index is 439. The lowest BCUT2D eigenvalue weighted by atomic mass is 9.77. The molecule has 0 aliphatic heterocycles. The molecule has 0 spiro atoms. The Morgan fingerprint density at radius 3 is 2.32 bits per heavy atom. The summed E-state index contributed by atoms with van der Waals surface area (Å²) >= 11 is 0. The fraction of sp³-hybridized carbons (Fsp3) is 0.833. The summed E-state index contributed by atoms with van der Waals surface area (Å²) in [6.07, 6.45) is 3.71. The van der Waals surface area contributed by atoms with Crippen LogP contribution in [0, 0.1) is 0 Å². The molecule has 110 valence electrons. The van der Waals surface area contributed by atoms with Gasteiger partial charge in [-0.25, -0.2) is 13.2 Å². The fourth-order valence-electron chi connectivity index (χ4n) is 2.07. The van der Waals surface area contributed by atoms with Crippen LogP contribution in [0.5, 0.6) is 0 Å². The summed E-state index contributed by atoms with van der Waals surface area (Å²) in [7, 11) is -3.44. The molecule has 1 fully saturated rings. The molecule has 0 atom stereocenters.